The minimum absolute atomic E-state index is 0.0122. The van der Waals surface area contributed by atoms with Gasteiger partial charge in [-0.1, -0.05) is 19.8 Å². The Hall–Kier alpha value is -0.220. The highest BCUT2D eigenvalue weighted by molar-refractivity contribution is 7.99. The van der Waals surface area contributed by atoms with Gasteiger partial charge in [-0.05, 0) is 25.7 Å². The van der Waals surface area contributed by atoms with Gasteiger partial charge in [0, 0.05) is 11.5 Å². The van der Waals surface area contributed by atoms with Crippen LogP contribution in [0.5, 0.6) is 0 Å². The van der Waals surface area contributed by atoms with Crippen molar-refractivity contribution in [2.24, 2.45) is 5.92 Å². The van der Waals surface area contributed by atoms with E-state index in [9.17, 15) is 4.79 Å². The highest BCUT2D eigenvalue weighted by Gasteiger charge is 2.41. The number of hydrogen-bond donors (Lipinski definition) is 0. The molecule has 0 aromatic carbocycles. The Bertz CT molecular complexity index is 287. The number of methoxy groups -OCH3 is 1. The number of rotatable bonds is 5. The van der Waals surface area contributed by atoms with E-state index in [0.717, 1.165) is 11.5 Å². The van der Waals surface area contributed by atoms with Crippen LogP contribution < -0.4 is 0 Å². The quantitative estimate of drug-likeness (QED) is 0.721. The van der Waals surface area contributed by atoms with Gasteiger partial charge < -0.3 is 9.47 Å². The zero-order valence-electron chi connectivity index (χ0n) is 11.4. The molecule has 0 N–H and O–H groups in total. The maximum absolute atomic E-state index is 11.3. The summed E-state index contributed by atoms with van der Waals surface area (Å²) in [6.45, 7) is 1.92. The van der Waals surface area contributed by atoms with Crippen molar-refractivity contribution < 1.29 is 14.3 Å². The fourth-order valence-corrected chi connectivity index (χ4v) is 4.17. The average molecular weight is 272 g/mol. The Kier molecular flexibility index (Phi) is 4.96. The molecule has 2 fully saturated rings. The summed E-state index contributed by atoms with van der Waals surface area (Å²) in [4.78, 5) is 11.3. The monoisotopic (exact) mass is 272 g/mol. The minimum atomic E-state index is -0.109. The summed E-state index contributed by atoms with van der Waals surface area (Å²) in [6, 6.07) is 0. The van der Waals surface area contributed by atoms with Crippen LogP contribution in [0.3, 0.4) is 0 Å². The second-order valence-corrected chi connectivity index (χ2v) is 6.71. The van der Waals surface area contributed by atoms with Crippen LogP contribution in [0.4, 0.5) is 0 Å². The Balaban J connectivity index is 1.65. The average Bonchev–Trinajstić information content (AvgIpc) is 2.99. The summed E-state index contributed by atoms with van der Waals surface area (Å²) >= 11 is 1.82. The molecule has 1 aliphatic carbocycles. The molecule has 1 saturated heterocycles. The maximum Gasteiger partial charge on any atom is 0.309 e. The summed E-state index contributed by atoms with van der Waals surface area (Å²) < 4.78 is 11.0. The van der Waals surface area contributed by atoms with Crippen LogP contribution in [0, 0.1) is 5.92 Å². The predicted molar refractivity (Wildman–Crippen MR) is 73.8 cm³/mol. The van der Waals surface area contributed by atoms with Crippen LogP contribution in [0.15, 0.2) is 0 Å². The van der Waals surface area contributed by atoms with E-state index in [2.05, 4.69) is 0 Å². The van der Waals surface area contributed by atoms with Crippen molar-refractivity contribution in [2.45, 2.75) is 57.2 Å². The molecule has 1 heterocycles. The highest BCUT2D eigenvalue weighted by atomic mass is 32.2. The van der Waals surface area contributed by atoms with E-state index in [1.165, 1.54) is 45.6 Å². The molecular weight excluding hydrogens is 248 g/mol. The van der Waals surface area contributed by atoms with Gasteiger partial charge in [0.2, 0.25) is 0 Å². The number of ether oxygens (including phenoxy) is 2. The molecule has 2 rings (SSSR count). The first-order chi connectivity index (χ1) is 8.65. The molecule has 1 aliphatic heterocycles. The van der Waals surface area contributed by atoms with Crippen LogP contribution >= 0.6 is 11.8 Å². The van der Waals surface area contributed by atoms with Crippen molar-refractivity contribution in [3.8, 4) is 0 Å². The molecule has 104 valence electrons. The van der Waals surface area contributed by atoms with Gasteiger partial charge in [-0.2, -0.15) is 11.8 Å². The predicted octanol–water partition coefficient (Wildman–Crippen LogP) is 3.02. The molecule has 2 atom stereocenters. The molecule has 2 unspecified atom stereocenters. The zero-order chi connectivity index (χ0) is 13.0. The van der Waals surface area contributed by atoms with Crippen molar-refractivity contribution in [1.29, 1.82) is 0 Å². The van der Waals surface area contributed by atoms with E-state index in [0.29, 0.717) is 6.10 Å². The first-order valence-corrected chi connectivity index (χ1v) is 8.14. The van der Waals surface area contributed by atoms with Gasteiger partial charge in [0.15, 0.2) is 0 Å². The van der Waals surface area contributed by atoms with Gasteiger partial charge in [-0.25, -0.2) is 0 Å². The first kappa shape index (κ1) is 14.2. The fourth-order valence-electron chi connectivity index (χ4n) is 3.05. The van der Waals surface area contributed by atoms with E-state index in [4.69, 9.17) is 9.47 Å². The molecule has 1 saturated carbocycles. The fraction of sp³-hybridized carbons (Fsp3) is 0.929. The standard InChI is InChI=1S/C14H24O3S/c1-11(13(15)16-2)9-18-10-12-5-8-14(17-12)6-3-4-7-14/h11-12H,3-10H2,1-2H3. The summed E-state index contributed by atoms with van der Waals surface area (Å²) in [7, 11) is 1.45. The van der Waals surface area contributed by atoms with Crippen LogP contribution in [0.2, 0.25) is 0 Å². The summed E-state index contributed by atoms with van der Waals surface area (Å²) in [5.41, 5.74) is 0.235. The summed E-state index contributed by atoms with van der Waals surface area (Å²) in [5.74, 6) is 1.73. The van der Waals surface area contributed by atoms with Crippen molar-refractivity contribution in [2.75, 3.05) is 18.6 Å². The zero-order valence-corrected chi connectivity index (χ0v) is 12.3. The molecule has 4 heteroatoms. The molecule has 0 bridgehead atoms. The Morgan fingerprint density at radius 3 is 2.83 bits per heavy atom. The molecule has 1 spiro atoms. The second-order valence-electron chi connectivity index (χ2n) is 5.63. The van der Waals surface area contributed by atoms with Crippen molar-refractivity contribution in [3.63, 3.8) is 0 Å². The summed E-state index contributed by atoms with van der Waals surface area (Å²) in [5, 5.41) is 0. The lowest BCUT2D eigenvalue weighted by Crippen LogP contribution is -2.25. The van der Waals surface area contributed by atoms with Crippen LogP contribution in [0.1, 0.15) is 45.4 Å². The van der Waals surface area contributed by atoms with E-state index in [1.807, 2.05) is 18.7 Å². The van der Waals surface area contributed by atoms with Crippen LogP contribution in [0.25, 0.3) is 0 Å². The van der Waals surface area contributed by atoms with Gasteiger partial charge >= 0.3 is 5.97 Å². The SMILES string of the molecule is COC(=O)C(C)CSCC1CCC2(CCCC2)O1. The third kappa shape index (κ3) is 3.41. The maximum atomic E-state index is 11.3. The Morgan fingerprint density at radius 1 is 1.44 bits per heavy atom. The number of esters is 1. The molecule has 2 aliphatic rings. The lowest BCUT2D eigenvalue weighted by Gasteiger charge is -2.23. The largest absolute Gasteiger partial charge is 0.469 e. The Labute approximate surface area is 114 Å². The third-order valence-electron chi connectivity index (χ3n) is 4.13. The van der Waals surface area contributed by atoms with Gasteiger partial charge in [-0.3, -0.25) is 4.79 Å². The lowest BCUT2D eigenvalue weighted by molar-refractivity contribution is -0.144. The van der Waals surface area contributed by atoms with Gasteiger partial charge in [-0.15, -0.1) is 0 Å². The first-order valence-electron chi connectivity index (χ1n) is 6.99. The van der Waals surface area contributed by atoms with Crippen molar-refractivity contribution in [1.82, 2.24) is 0 Å². The van der Waals surface area contributed by atoms with E-state index < -0.39 is 0 Å². The van der Waals surface area contributed by atoms with Gasteiger partial charge in [0.1, 0.15) is 0 Å². The molecule has 0 aromatic heterocycles. The second kappa shape index (κ2) is 6.29. The number of thioether (sulfide) groups is 1. The van der Waals surface area contributed by atoms with Crippen molar-refractivity contribution in [3.05, 3.63) is 0 Å². The lowest BCUT2D eigenvalue weighted by atomic mass is 9.98. The highest BCUT2D eigenvalue weighted by Crippen LogP contribution is 2.43. The van der Waals surface area contributed by atoms with E-state index in [-0.39, 0.29) is 17.5 Å². The molecule has 3 nitrogen and oxygen atoms in total. The smallest absolute Gasteiger partial charge is 0.309 e. The Morgan fingerprint density at radius 2 is 2.17 bits per heavy atom. The van der Waals surface area contributed by atoms with Crippen molar-refractivity contribution >= 4 is 17.7 Å². The van der Waals surface area contributed by atoms with Crippen LogP contribution in [-0.4, -0.2) is 36.3 Å². The molecular formula is C14H24O3S. The van der Waals surface area contributed by atoms with E-state index >= 15 is 0 Å². The normalized spacial score (nSPS) is 27.6. The number of carbonyl (C=O) groups is 1. The van der Waals surface area contributed by atoms with E-state index in [1.54, 1.807) is 0 Å². The summed E-state index contributed by atoms with van der Waals surface area (Å²) in [6.07, 6.45) is 8.01. The molecule has 0 amide bonds. The number of carbonyl (C=O) groups excluding carboxylic acids is 1. The number of hydrogen-bond acceptors (Lipinski definition) is 4. The minimum Gasteiger partial charge on any atom is -0.469 e. The molecule has 0 aromatic rings. The van der Waals surface area contributed by atoms with Gasteiger partial charge in [0.25, 0.3) is 0 Å². The molecule has 18 heavy (non-hydrogen) atoms. The third-order valence-corrected chi connectivity index (χ3v) is 5.47. The topological polar surface area (TPSA) is 35.5 Å². The molecule has 0 radical (unpaired) electrons. The van der Waals surface area contributed by atoms with Gasteiger partial charge in [0.05, 0.1) is 24.7 Å². The van der Waals surface area contributed by atoms with Crippen LogP contribution in [-0.2, 0) is 14.3 Å².